The maximum Gasteiger partial charge on any atom is 0.272 e. The molecule has 1 rings (SSSR count). The summed E-state index contributed by atoms with van der Waals surface area (Å²) in [6.45, 7) is 3.94. The summed E-state index contributed by atoms with van der Waals surface area (Å²) >= 11 is 0. The molecule has 0 amide bonds. The summed E-state index contributed by atoms with van der Waals surface area (Å²) in [5.41, 5.74) is 2.08. The monoisotopic (exact) mass is 275 g/mol. The minimum absolute atomic E-state index is 0.214. The Kier molecular flexibility index (Phi) is 7.63. The highest BCUT2D eigenvalue weighted by molar-refractivity contribution is 5.61. The Bertz CT molecular complexity index is 452. The van der Waals surface area contributed by atoms with Crippen LogP contribution in [0.1, 0.15) is 63.5 Å². The Morgan fingerprint density at radius 1 is 1.15 bits per heavy atom. The third-order valence-electron chi connectivity index (χ3n) is 3.56. The summed E-state index contributed by atoms with van der Waals surface area (Å²) in [7, 11) is 0. The normalized spacial score (nSPS) is 11.6. The summed E-state index contributed by atoms with van der Waals surface area (Å²) in [5, 5.41) is 11.1. The van der Waals surface area contributed by atoms with E-state index in [0.29, 0.717) is 0 Å². The van der Waals surface area contributed by atoms with Gasteiger partial charge in [0.1, 0.15) is 0 Å². The van der Waals surface area contributed by atoms with Gasteiger partial charge in [-0.1, -0.05) is 57.2 Å². The van der Waals surface area contributed by atoms with E-state index in [1.807, 2.05) is 24.3 Å². The molecule has 0 saturated carbocycles. The fourth-order valence-corrected chi connectivity index (χ4v) is 2.44. The number of hydrogen-bond acceptors (Lipinski definition) is 2. The van der Waals surface area contributed by atoms with E-state index in [1.54, 1.807) is 13.0 Å². The molecule has 1 aromatic carbocycles. The number of allylic oxidation sites excluding steroid dienone is 1. The first-order valence-electron chi connectivity index (χ1n) is 7.59. The molecule has 0 N–H and O–H groups in total. The molecule has 110 valence electrons. The lowest BCUT2D eigenvalue weighted by atomic mass is 9.98. The highest BCUT2D eigenvalue weighted by Crippen LogP contribution is 2.22. The predicted molar refractivity (Wildman–Crippen MR) is 84.2 cm³/mol. The van der Waals surface area contributed by atoms with Gasteiger partial charge in [0.25, 0.3) is 5.70 Å². The number of benzene rings is 1. The molecule has 0 aliphatic carbocycles. The average Bonchev–Trinajstić information content (AvgIpc) is 2.44. The van der Waals surface area contributed by atoms with Crippen molar-refractivity contribution in [1.82, 2.24) is 0 Å². The van der Waals surface area contributed by atoms with Gasteiger partial charge in [-0.3, -0.25) is 10.1 Å². The Morgan fingerprint density at radius 3 is 2.45 bits per heavy atom. The standard InChI is InChI=1S/C17H25NO2/c1-3-5-6-7-8-9-12-15-13-10-11-14-16(15)17(4-2)18(19)20/h4,10-11,13-14H,3,5-9,12H2,1-2H3. The van der Waals surface area contributed by atoms with E-state index >= 15 is 0 Å². The van der Waals surface area contributed by atoms with Crippen molar-refractivity contribution in [2.75, 3.05) is 0 Å². The van der Waals surface area contributed by atoms with Crippen molar-refractivity contribution in [1.29, 1.82) is 0 Å². The van der Waals surface area contributed by atoms with Crippen LogP contribution in [0.2, 0.25) is 0 Å². The van der Waals surface area contributed by atoms with Crippen LogP contribution in [0, 0.1) is 10.1 Å². The van der Waals surface area contributed by atoms with Crippen LogP contribution in [0.3, 0.4) is 0 Å². The van der Waals surface area contributed by atoms with Crippen molar-refractivity contribution in [3.8, 4) is 0 Å². The Morgan fingerprint density at radius 2 is 1.80 bits per heavy atom. The maximum absolute atomic E-state index is 11.1. The summed E-state index contributed by atoms with van der Waals surface area (Å²) in [4.78, 5) is 10.8. The van der Waals surface area contributed by atoms with E-state index in [4.69, 9.17) is 0 Å². The molecule has 0 aliphatic heterocycles. The Hall–Kier alpha value is -1.64. The molecule has 0 heterocycles. The van der Waals surface area contributed by atoms with Gasteiger partial charge < -0.3 is 0 Å². The minimum Gasteiger partial charge on any atom is -0.258 e. The number of hydrogen-bond donors (Lipinski definition) is 0. The van der Waals surface area contributed by atoms with Gasteiger partial charge in [-0.15, -0.1) is 0 Å². The summed E-state index contributed by atoms with van der Waals surface area (Å²) in [6.07, 6.45) is 9.95. The van der Waals surface area contributed by atoms with Gasteiger partial charge in [0.05, 0.1) is 10.5 Å². The third kappa shape index (κ3) is 5.16. The summed E-state index contributed by atoms with van der Waals surface area (Å²) < 4.78 is 0. The minimum atomic E-state index is -0.292. The van der Waals surface area contributed by atoms with Gasteiger partial charge in [-0.2, -0.15) is 0 Å². The second-order valence-corrected chi connectivity index (χ2v) is 5.11. The summed E-state index contributed by atoms with van der Waals surface area (Å²) in [6, 6.07) is 7.69. The molecule has 0 fully saturated rings. The molecule has 0 bridgehead atoms. The lowest BCUT2D eigenvalue weighted by Crippen LogP contribution is -2.01. The van der Waals surface area contributed by atoms with Crippen molar-refractivity contribution in [2.24, 2.45) is 0 Å². The molecular formula is C17H25NO2. The van der Waals surface area contributed by atoms with Gasteiger partial charge in [0, 0.05) is 0 Å². The van der Waals surface area contributed by atoms with Crippen LogP contribution in [0.15, 0.2) is 30.3 Å². The molecule has 0 unspecified atom stereocenters. The predicted octanol–water partition coefficient (Wildman–Crippen LogP) is 5.23. The fraction of sp³-hybridized carbons (Fsp3) is 0.529. The van der Waals surface area contributed by atoms with Crippen LogP contribution in [0.5, 0.6) is 0 Å². The van der Waals surface area contributed by atoms with E-state index in [9.17, 15) is 10.1 Å². The quantitative estimate of drug-likeness (QED) is 0.352. The van der Waals surface area contributed by atoms with Gasteiger partial charge in [0.2, 0.25) is 0 Å². The Labute approximate surface area is 121 Å². The van der Waals surface area contributed by atoms with E-state index in [1.165, 1.54) is 32.1 Å². The molecule has 0 spiro atoms. The van der Waals surface area contributed by atoms with Crippen molar-refractivity contribution < 1.29 is 4.92 Å². The number of nitrogens with zero attached hydrogens (tertiary/aromatic N) is 1. The molecule has 0 radical (unpaired) electrons. The molecule has 0 aromatic heterocycles. The van der Waals surface area contributed by atoms with Crippen LogP contribution in [0.4, 0.5) is 0 Å². The zero-order chi connectivity index (χ0) is 14.8. The topological polar surface area (TPSA) is 43.1 Å². The van der Waals surface area contributed by atoms with Crippen molar-refractivity contribution in [3.63, 3.8) is 0 Å². The van der Waals surface area contributed by atoms with Crippen LogP contribution in [-0.2, 0) is 6.42 Å². The Balaban J connectivity index is 2.60. The third-order valence-corrected chi connectivity index (χ3v) is 3.56. The average molecular weight is 275 g/mol. The van der Waals surface area contributed by atoms with Crippen molar-refractivity contribution >= 4 is 5.70 Å². The molecule has 0 saturated heterocycles. The van der Waals surface area contributed by atoms with Crippen LogP contribution in [0.25, 0.3) is 5.70 Å². The molecule has 1 aromatic rings. The fourth-order valence-electron chi connectivity index (χ4n) is 2.44. The van der Waals surface area contributed by atoms with Crippen LogP contribution in [-0.4, -0.2) is 4.92 Å². The second kappa shape index (κ2) is 9.29. The lowest BCUT2D eigenvalue weighted by Gasteiger charge is -2.07. The zero-order valence-corrected chi connectivity index (χ0v) is 12.6. The van der Waals surface area contributed by atoms with Crippen LogP contribution >= 0.6 is 0 Å². The van der Waals surface area contributed by atoms with Crippen LogP contribution < -0.4 is 0 Å². The largest absolute Gasteiger partial charge is 0.272 e. The van der Waals surface area contributed by atoms with E-state index in [2.05, 4.69) is 6.92 Å². The molecule has 0 aliphatic rings. The van der Waals surface area contributed by atoms with Gasteiger partial charge in [-0.05, 0) is 37.5 Å². The lowest BCUT2D eigenvalue weighted by molar-refractivity contribution is -0.375. The van der Waals surface area contributed by atoms with Gasteiger partial charge >= 0.3 is 0 Å². The maximum atomic E-state index is 11.1. The van der Waals surface area contributed by atoms with E-state index in [0.717, 1.165) is 24.0 Å². The smallest absolute Gasteiger partial charge is 0.258 e. The summed E-state index contributed by atoms with van der Waals surface area (Å²) in [5.74, 6) is 0. The zero-order valence-electron chi connectivity index (χ0n) is 12.6. The first kappa shape index (κ1) is 16.4. The molecule has 20 heavy (non-hydrogen) atoms. The molecule has 3 heteroatoms. The van der Waals surface area contributed by atoms with Crippen molar-refractivity contribution in [2.45, 2.75) is 58.8 Å². The van der Waals surface area contributed by atoms with Gasteiger partial charge in [-0.25, -0.2) is 0 Å². The van der Waals surface area contributed by atoms with Crippen molar-refractivity contribution in [3.05, 3.63) is 51.6 Å². The SMILES string of the molecule is CC=C(c1ccccc1CCCCCCCC)[N+](=O)[O-]. The second-order valence-electron chi connectivity index (χ2n) is 5.11. The van der Waals surface area contributed by atoms with E-state index in [-0.39, 0.29) is 10.6 Å². The number of aryl methyl sites for hydroxylation is 1. The number of unbranched alkanes of at least 4 members (excludes halogenated alkanes) is 5. The first-order valence-corrected chi connectivity index (χ1v) is 7.59. The molecular weight excluding hydrogens is 250 g/mol. The first-order chi connectivity index (χ1) is 9.70. The highest BCUT2D eigenvalue weighted by atomic mass is 16.6. The number of rotatable bonds is 9. The highest BCUT2D eigenvalue weighted by Gasteiger charge is 2.15. The molecule has 0 atom stereocenters. The van der Waals surface area contributed by atoms with E-state index < -0.39 is 0 Å². The number of nitro groups is 1. The molecule has 3 nitrogen and oxygen atoms in total. The van der Waals surface area contributed by atoms with Gasteiger partial charge in [0.15, 0.2) is 0 Å².